The first kappa shape index (κ1) is 10.6. The van der Waals surface area contributed by atoms with Gasteiger partial charge < -0.3 is 4.84 Å². The van der Waals surface area contributed by atoms with Gasteiger partial charge in [-0.2, -0.15) is 5.90 Å². The zero-order valence-electron chi connectivity index (χ0n) is 8.97. The van der Waals surface area contributed by atoms with Gasteiger partial charge in [-0.1, -0.05) is 13.8 Å². The van der Waals surface area contributed by atoms with Crippen LogP contribution in [0, 0.1) is 11.8 Å². The molecule has 2 nitrogen and oxygen atoms in total. The van der Waals surface area contributed by atoms with E-state index in [4.69, 9.17) is 10.7 Å². The van der Waals surface area contributed by atoms with E-state index in [0.717, 1.165) is 18.1 Å². The minimum Gasteiger partial charge on any atom is -0.416 e. The lowest BCUT2D eigenvalue weighted by Crippen LogP contribution is -2.10. The van der Waals surface area contributed by atoms with E-state index in [9.17, 15) is 0 Å². The minimum absolute atomic E-state index is 0.716. The Labute approximate surface area is 81.1 Å². The van der Waals surface area contributed by atoms with Crippen molar-refractivity contribution < 1.29 is 4.84 Å². The largest absolute Gasteiger partial charge is 0.416 e. The van der Waals surface area contributed by atoms with Crippen LogP contribution in [0.3, 0.4) is 0 Å². The van der Waals surface area contributed by atoms with Gasteiger partial charge in [-0.3, -0.25) is 0 Å². The molecule has 0 spiro atoms. The number of rotatable bonds is 5. The van der Waals surface area contributed by atoms with Gasteiger partial charge in [0.15, 0.2) is 0 Å². The molecule has 0 aromatic heterocycles. The molecule has 1 rings (SSSR count). The molecule has 0 aliphatic heterocycles. The number of allylic oxidation sites excluding steroid dienone is 2. The number of nitrogens with two attached hydrogens (primary N) is 1. The summed E-state index contributed by atoms with van der Waals surface area (Å²) in [5.41, 5.74) is 1.42. The van der Waals surface area contributed by atoms with Crippen LogP contribution in [0.15, 0.2) is 11.3 Å². The van der Waals surface area contributed by atoms with Crippen LogP contribution in [0.4, 0.5) is 0 Å². The number of hydrogen-bond acceptors (Lipinski definition) is 2. The second-order valence-corrected chi connectivity index (χ2v) is 3.91. The number of hydrogen-bond donors (Lipinski definition) is 1. The summed E-state index contributed by atoms with van der Waals surface area (Å²) in [5, 5.41) is 0. The highest BCUT2D eigenvalue weighted by molar-refractivity contribution is 5.13. The molecule has 0 bridgehead atoms. The maximum Gasteiger partial charge on any atom is 0.120 e. The third kappa shape index (κ3) is 2.47. The third-order valence-electron chi connectivity index (χ3n) is 3.09. The molecule has 1 unspecified atom stereocenters. The predicted molar refractivity (Wildman–Crippen MR) is 54.8 cm³/mol. The first-order chi connectivity index (χ1) is 6.24. The Morgan fingerprint density at radius 3 is 2.38 bits per heavy atom. The summed E-state index contributed by atoms with van der Waals surface area (Å²) in [6.45, 7) is 6.41. The van der Waals surface area contributed by atoms with Crippen molar-refractivity contribution in [3.8, 4) is 0 Å². The summed E-state index contributed by atoms with van der Waals surface area (Å²) in [5.74, 6) is 7.76. The van der Waals surface area contributed by atoms with Crippen molar-refractivity contribution in [3.05, 3.63) is 11.3 Å². The van der Waals surface area contributed by atoms with Gasteiger partial charge in [0, 0.05) is 0 Å². The average molecular weight is 183 g/mol. The molecule has 0 aromatic rings. The van der Waals surface area contributed by atoms with Crippen molar-refractivity contribution in [1.29, 1.82) is 0 Å². The molecule has 1 atom stereocenters. The van der Waals surface area contributed by atoms with Crippen molar-refractivity contribution in [2.75, 3.05) is 0 Å². The van der Waals surface area contributed by atoms with Gasteiger partial charge >= 0.3 is 0 Å². The molecular formula is C11H21NO. The van der Waals surface area contributed by atoms with Gasteiger partial charge in [0.2, 0.25) is 0 Å². The topological polar surface area (TPSA) is 35.2 Å². The molecule has 2 heteroatoms. The molecule has 0 amide bonds. The lowest BCUT2D eigenvalue weighted by molar-refractivity contribution is 0.212. The van der Waals surface area contributed by atoms with E-state index < -0.39 is 0 Å². The fraction of sp³-hybridized carbons (Fsp3) is 0.818. The smallest absolute Gasteiger partial charge is 0.120 e. The highest BCUT2D eigenvalue weighted by Gasteiger charge is 2.32. The standard InChI is InChI=1S/C11H21NO/c1-4-10(8(3)13-12)11(5-2)9-6-7-9/h9,11H,4-7,12H2,1-3H3/b10-8-. The molecular weight excluding hydrogens is 162 g/mol. The van der Waals surface area contributed by atoms with Crippen LogP contribution in [0.25, 0.3) is 0 Å². The molecule has 0 heterocycles. The molecule has 76 valence electrons. The first-order valence-corrected chi connectivity index (χ1v) is 5.30. The minimum atomic E-state index is 0.716. The van der Waals surface area contributed by atoms with Gasteiger partial charge in [-0.05, 0) is 50.0 Å². The lowest BCUT2D eigenvalue weighted by atomic mass is 9.89. The molecule has 0 saturated heterocycles. The van der Waals surface area contributed by atoms with Crippen LogP contribution in [0.5, 0.6) is 0 Å². The van der Waals surface area contributed by atoms with Gasteiger partial charge in [0.1, 0.15) is 5.76 Å². The van der Waals surface area contributed by atoms with E-state index >= 15 is 0 Å². The summed E-state index contributed by atoms with van der Waals surface area (Å²) < 4.78 is 0. The van der Waals surface area contributed by atoms with Crippen LogP contribution in [-0.2, 0) is 4.84 Å². The van der Waals surface area contributed by atoms with E-state index in [1.807, 2.05) is 6.92 Å². The van der Waals surface area contributed by atoms with Gasteiger partial charge in [0.25, 0.3) is 0 Å². The average Bonchev–Trinajstić information content (AvgIpc) is 2.96. The highest BCUT2D eigenvalue weighted by Crippen LogP contribution is 2.43. The Kier molecular flexibility index (Phi) is 3.79. The lowest BCUT2D eigenvalue weighted by Gasteiger charge is -2.19. The molecule has 0 radical (unpaired) electrons. The maximum atomic E-state index is 5.20. The normalized spacial score (nSPS) is 20.9. The van der Waals surface area contributed by atoms with Crippen molar-refractivity contribution >= 4 is 0 Å². The molecule has 1 saturated carbocycles. The van der Waals surface area contributed by atoms with E-state index in [1.54, 1.807) is 0 Å². The van der Waals surface area contributed by atoms with Crippen molar-refractivity contribution in [1.82, 2.24) is 0 Å². The molecule has 0 aromatic carbocycles. The Bertz CT molecular complexity index is 194. The molecule has 1 fully saturated rings. The Morgan fingerprint density at radius 2 is 2.08 bits per heavy atom. The third-order valence-corrected chi connectivity index (χ3v) is 3.09. The Morgan fingerprint density at radius 1 is 1.46 bits per heavy atom. The van der Waals surface area contributed by atoms with E-state index in [2.05, 4.69) is 13.8 Å². The predicted octanol–water partition coefficient (Wildman–Crippen LogP) is 3.00. The maximum absolute atomic E-state index is 5.20. The summed E-state index contributed by atoms with van der Waals surface area (Å²) in [7, 11) is 0. The summed E-state index contributed by atoms with van der Waals surface area (Å²) in [4.78, 5) is 4.84. The quantitative estimate of drug-likeness (QED) is 0.525. The first-order valence-electron chi connectivity index (χ1n) is 5.30. The molecule has 1 aliphatic carbocycles. The SMILES string of the molecule is CC/C(=C(\C)ON)C(CC)C1CC1. The monoisotopic (exact) mass is 183 g/mol. The van der Waals surface area contributed by atoms with Gasteiger partial charge in [-0.25, -0.2) is 0 Å². The van der Waals surface area contributed by atoms with Gasteiger partial charge in [0.05, 0.1) is 0 Å². The van der Waals surface area contributed by atoms with Crippen LogP contribution >= 0.6 is 0 Å². The van der Waals surface area contributed by atoms with E-state index in [-0.39, 0.29) is 0 Å². The summed E-state index contributed by atoms with van der Waals surface area (Å²) >= 11 is 0. The van der Waals surface area contributed by atoms with E-state index in [1.165, 1.54) is 24.8 Å². The zero-order chi connectivity index (χ0) is 9.84. The van der Waals surface area contributed by atoms with E-state index in [0.29, 0.717) is 5.92 Å². The van der Waals surface area contributed by atoms with Crippen molar-refractivity contribution in [2.45, 2.75) is 46.5 Å². The fourth-order valence-corrected chi connectivity index (χ4v) is 2.21. The Hall–Kier alpha value is -0.500. The molecule has 1 aliphatic rings. The van der Waals surface area contributed by atoms with Crippen molar-refractivity contribution in [3.63, 3.8) is 0 Å². The molecule has 13 heavy (non-hydrogen) atoms. The van der Waals surface area contributed by atoms with Gasteiger partial charge in [-0.15, -0.1) is 0 Å². The highest BCUT2D eigenvalue weighted by atomic mass is 16.6. The fourth-order valence-electron chi connectivity index (χ4n) is 2.21. The second kappa shape index (κ2) is 4.66. The van der Waals surface area contributed by atoms with Crippen LogP contribution < -0.4 is 5.90 Å². The molecule has 2 N–H and O–H groups in total. The summed E-state index contributed by atoms with van der Waals surface area (Å²) in [6.07, 6.45) is 5.06. The van der Waals surface area contributed by atoms with Crippen LogP contribution in [-0.4, -0.2) is 0 Å². The second-order valence-electron chi connectivity index (χ2n) is 3.91. The Balaban J connectivity index is 2.72. The van der Waals surface area contributed by atoms with Crippen LogP contribution in [0.2, 0.25) is 0 Å². The van der Waals surface area contributed by atoms with Crippen molar-refractivity contribution in [2.24, 2.45) is 17.7 Å². The zero-order valence-corrected chi connectivity index (χ0v) is 8.97. The van der Waals surface area contributed by atoms with Crippen LogP contribution in [0.1, 0.15) is 46.5 Å². The summed E-state index contributed by atoms with van der Waals surface area (Å²) in [6, 6.07) is 0.